The van der Waals surface area contributed by atoms with Gasteiger partial charge < -0.3 is 5.32 Å². The molecule has 0 radical (unpaired) electrons. The Hall–Kier alpha value is -2.43. The Morgan fingerprint density at radius 1 is 0.867 bits per heavy atom. The van der Waals surface area contributed by atoms with Crippen LogP contribution < -0.4 is 5.32 Å². The minimum Gasteiger partial charge on any atom is -0.367 e. The highest BCUT2D eigenvalue weighted by Crippen LogP contribution is 2.26. The molecule has 0 bridgehead atoms. The molecular weight excluding hydrogens is 370 g/mol. The standard InChI is InChI=1S/C25H35N5/c1-19-14-15-23(20(2)16-19)30-25-22(17-28-30)24(26-18-27-25)29-21-12-10-8-6-4-3-5-7-9-11-13-21/h14-18,21H,3-13H2,1-2H3,(H,26,27,29). The summed E-state index contributed by atoms with van der Waals surface area (Å²) in [5.41, 5.74) is 4.40. The summed E-state index contributed by atoms with van der Waals surface area (Å²) < 4.78 is 1.94. The first-order chi connectivity index (χ1) is 14.7. The van der Waals surface area contributed by atoms with E-state index in [0.717, 1.165) is 22.5 Å². The van der Waals surface area contributed by atoms with Crippen molar-refractivity contribution in [1.82, 2.24) is 19.7 Å². The van der Waals surface area contributed by atoms with E-state index in [1.165, 1.54) is 81.8 Å². The number of benzene rings is 1. The molecule has 5 heteroatoms. The van der Waals surface area contributed by atoms with E-state index in [1.54, 1.807) is 6.33 Å². The van der Waals surface area contributed by atoms with Crippen LogP contribution in [0.25, 0.3) is 16.7 Å². The summed E-state index contributed by atoms with van der Waals surface area (Å²) in [6.45, 7) is 4.24. The summed E-state index contributed by atoms with van der Waals surface area (Å²) in [7, 11) is 0. The van der Waals surface area contributed by atoms with Crippen molar-refractivity contribution in [1.29, 1.82) is 0 Å². The monoisotopic (exact) mass is 405 g/mol. The van der Waals surface area contributed by atoms with Crippen LogP contribution in [-0.2, 0) is 0 Å². The van der Waals surface area contributed by atoms with E-state index in [2.05, 4.69) is 52.4 Å². The van der Waals surface area contributed by atoms with Gasteiger partial charge in [-0.05, 0) is 38.3 Å². The van der Waals surface area contributed by atoms with Gasteiger partial charge >= 0.3 is 0 Å². The van der Waals surface area contributed by atoms with Crippen LogP contribution in [0.2, 0.25) is 0 Å². The fourth-order valence-electron chi connectivity index (χ4n) is 4.68. The number of hydrogen-bond acceptors (Lipinski definition) is 4. The number of anilines is 1. The number of nitrogens with one attached hydrogen (secondary N) is 1. The maximum Gasteiger partial charge on any atom is 0.168 e. The maximum atomic E-state index is 4.67. The molecule has 1 fully saturated rings. The van der Waals surface area contributed by atoms with Crippen LogP contribution in [0, 0.1) is 13.8 Å². The first kappa shape index (κ1) is 20.8. The molecule has 1 aromatic carbocycles. The third kappa shape index (κ3) is 5.00. The second kappa shape index (κ2) is 10.1. The Labute approximate surface area is 180 Å². The molecular formula is C25H35N5. The van der Waals surface area contributed by atoms with E-state index < -0.39 is 0 Å². The van der Waals surface area contributed by atoms with Gasteiger partial charge in [0.05, 0.1) is 17.3 Å². The molecule has 0 aliphatic heterocycles. The third-order valence-electron chi connectivity index (χ3n) is 6.39. The van der Waals surface area contributed by atoms with Crippen molar-refractivity contribution in [2.75, 3.05) is 5.32 Å². The van der Waals surface area contributed by atoms with Crippen LogP contribution >= 0.6 is 0 Å². The molecule has 1 aliphatic rings. The smallest absolute Gasteiger partial charge is 0.168 e. The zero-order valence-corrected chi connectivity index (χ0v) is 18.5. The Kier molecular flexibility index (Phi) is 6.98. The Balaban J connectivity index is 1.55. The molecule has 1 saturated carbocycles. The van der Waals surface area contributed by atoms with Gasteiger partial charge in [-0.15, -0.1) is 0 Å². The van der Waals surface area contributed by atoms with Crippen LogP contribution in [0.5, 0.6) is 0 Å². The molecule has 0 amide bonds. The lowest BCUT2D eigenvalue weighted by Gasteiger charge is -2.20. The molecule has 5 nitrogen and oxygen atoms in total. The first-order valence-corrected chi connectivity index (χ1v) is 11.8. The summed E-state index contributed by atoms with van der Waals surface area (Å²) >= 11 is 0. The van der Waals surface area contributed by atoms with Crippen LogP contribution in [-0.4, -0.2) is 25.8 Å². The number of aromatic nitrogens is 4. The van der Waals surface area contributed by atoms with Gasteiger partial charge in [-0.2, -0.15) is 5.10 Å². The molecule has 0 unspecified atom stereocenters. The molecule has 160 valence electrons. The van der Waals surface area contributed by atoms with Crippen molar-refractivity contribution < 1.29 is 0 Å². The molecule has 4 rings (SSSR count). The summed E-state index contributed by atoms with van der Waals surface area (Å²) in [5, 5.41) is 9.43. The first-order valence-electron chi connectivity index (χ1n) is 11.8. The van der Waals surface area contributed by atoms with Crippen LogP contribution in [0.3, 0.4) is 0 Å². The van der Waals surface area contributed by atoms with Crippen molar-refractivity contribution in [2.45, 2.75) is 90.5 Å². The molecule has 0 saturated heterocycles. The second-order valence-electron chi connectivity index (χ2n) is 8.91. The number of fused-ring (bicyclic) bond motifs is 1. The van der Waals surface area contributed by atoms with Gasteiger partial charge in [0.15, 0.2) is 5.65 Å². The Bertz CT molecular complexity index is 949. The van der Waals surface area contributed by atoms with E-state index in [0.29, 0.717) is 6.04 Å². The molecule has 1 N–H and O–H groups in total. The second-order valence-corrected chi connectivity index (χ2v) is 8.91. The Morgan fingerprint density at radius 2 is 1.53 bits per heavy atom. The molecule has 2 heterocycles. The number of aryl methyl sites for hydroxylation is 2. The van der Waals surface area contributed by atoms with E-state index in [-0.39, 0.29) is 0 Å². The highest BCUT2D eigenvalue weighted by molar-refractivity contribution is 5.87. The minimum absolute atomic E-state index is 0.479. The third-order valence-corrected chi connectivity index (χ3v) is 6.39. The van der Waals surface area contributed by atoms with Crippen molar-refractivity contribution in [3.63, 3.8) is 0 Å². The van der Waals surface area contributed by atoms with Gasteiger partial charge in [-0.1, -0.05) is 75.5 Å². The van der Waals surface area contributed by atoms with Gasteiger partial charge in [0.25, 0.3) is 0 Å². The Morgan fingerprint density at radius 3 is 2.20 bits per heavy atom. The van der Waals surface area contributed by atoms with Crippen LogP contribution in [0.15, 0.2) is 30.7 Å². The van der Waals surface area contributed by atoms with Crippen molar-refractivity contribution in [2.24, 2.45) is 0 Å². The summed E-state index contributed by atoms with van der Waals surface area (Å²) in [6.07, 6.45) is 18.3. The lowest BCUT2D eigenvalue weighted by atomic mass is 9.98. The highest BCUT2D eigenvalue weighted by Gasteiger charge is 2.16. The fraction of sp³-hybridized carbons (Fsp3) is 0.560. The van der Waals surface area contributed by atoms with E-state index >= 15 is 0 Å². The predicted molar refractivity (Wildman–Crippen MR) is 124 cm³/mol. The zero-order chi connectivity index (χ0) is 20.8. The number of hydrogen-bond donors (Lipinski definition) is 1. The van der Waals surface area contributed by atoms with Crippen LogP contribution in [0.4, 0.5) is 5.82 Å². The number of nitrogens with zero attached hydrogens (tertiary/aromatic N) is 4. The molecule has 2 aromatic heterocycles. The quantitative estimate of drug-likeness (QED) is 0.539. The maximum absolute atomic E-state index is 4.67. The minimum atomic E-state index is 0.479. The SMILES string of the molecule is Cc1ccc(-n2ncc3c(NC4CCCCCCCCCCC4)ncnc32)c(C)c1. The molecule has 0 atom stereocenters. The predicted octanol–water partition coefficient (Wildman–Crippen LogP) is 6.52. The molecule has 30 heavy (non-hydrogen) atoms. The summed E-state index contributed by atoms with van der Waals surface area (Å²) in [6, 6.07) is 6.92. The summed E-state index contributed by atoms with van der Waals surface area (Å²) in [5.74, 6) is 0.924. The summed E-state index contributed by atoms with van der Waals surface area (Å²) in [4.78, 5) is 9.17. The van der Waals surface area contributed by atoms with Gasteiger partial charge in [0.1, 0.15) is 12.1 Å². The van der Waals surface area contributed by atoms with Gasteiger partial charge in [-0.25, -0.2) is 14.6 Å². The van der Waals surface area contributed by atoms with Crippen molar-refractivity contribution in [3.8, 4) is 5.69 Å². The van der Waals surface area contributed by atoms with E-state index in [9.17, 15) is 0 Å². The van der Waals surface area contributed by atoms with Gasteiger partial charge in [0.2, 0.25) is 0 Å². The fourth-order valence-corrected chi connectivity index (χ4v) is 4.68. The van der Waals surface area contributed by atoms with Gasteiger partial charge in [-0.3, -0.25) is 0 Å². The zero-order valence-electron chi connectivity index (χ0n) is 18.5. The van der Waals surface area contributed by atoms with Crippen LogP contribution in [0.1, 0.15) is 81.8 Å². The van der Waals surface area contributed by atoms with Crippen molar-refractivity contribution >= 4 is 16.9 Å². The van der Waals surface area contributed by atoms with Gasteiger partial charge in [0, 0.05) is 6.04 Å². The van der Waals surface area contributed by atoms with E-state index in [1.807, 2.05) is 10.9 Å². The highest BCUT2D eigenvalue weighted by atomic mass is 15.3. The molecule has 1 aliphatic carbocycles. The lowest BCUT2D eigenvalue weighted by Crippen LogP contribution is -2.20. The van der Waals surface area contributed by atoms with E-state index in [4.69, 9.17) is 0 Å². The molecule has 3 aromatic rings. The average molecular weight is 406 g/mol. The lowest BCUT2D eigenvalue weighted by molar-refractivity contribution is 0.480. The molecule has 0 spiro atoms. The number of rotatable bonds is 3. The normalized spacial score (nSPS) is 17.4. The average Bonchev–Trinajstić information content (AvgIpc) is 3.15. The largest absolute Gasteiger partial charge is 0.367 e. The van der Waals surface area contributed by atoms with Crippen molar-refractivity contribution in [3.05, 3.63) is 41.9 Å². The topological polar surface area (TPSA) is 55.6 Å².